The molecule has 0 radical (unpaired) electrons. The first-order valence-electron chi connectivity index (χ1n) is 9.36. The van der Waals surface area contributed by atoms with Gasteiger partial charge in [0.15, 0.2) is 5.75 Å². The number of halogens is 3. The van der Waals surface area contributed by atoms with Gasteiger partial charge in [0.2, 0.25) is 0 Å². The second kappa shape index (κ2) is 7.31. The molecular weight excluding hydrogens is 411 g/mol. The number of fused-ring (bicyclic) bond motifs is 2. The summed E-state index contributed by atoms with van der Waals surface area (Å²) in [5, 5.41) is 12.8. The van der Waals surface area contributed by atoms with Crippen molar-refractivity contribution in [2.45, 2.75) is 25.8 Å². The highest BCUT2D eigenvalue weighted by Gasteiger charge is 2.32. The summed E-state index contributed by atoms with van der Waals surface area (Å²) in [5.74, 6) is -0.537. The summed E-state index contributed by atoms with van der Waals surface area (Å²) in [6.07, 6.45) is -4.85. The summed E-state index contributed by atoms with van der Waals surface area (Å²) < 4.78 is 47.2. The third-order valence-electron chi connectivity index (χ3n) is 4.78. The lowest BCUT2D eigenvalue weighted by atomic mass is 9.93. The third-order valence-corrected chi connectivity index (χ3v) is 4.78. The molecule has 1 aliphatic heterocycles. The van der Waals surface area contributed by atoms with Gasteiger partial charge < -0.3 is 19.9 Å². The molecule has 0 bridgehead atoms. The van der Waals surface area contributed by atoms with Crippen molar-refractivity contribution in [2.75, 3.05) is 5.32 Å². The minimum absolute atomic E-state index is 0.0635. The number of carbonyl (C=O) groups is 1. The van der Waals surface area contributed by atoms with E-state index in [1.165, 1.54) is 6.07 Å². The zero-order valence-electron chi connectivity index (χ0n) is 16.6. The van der Waals surface area contributed by atoms with E-state index >= 15 is 0 Å². The molecule has 2 N–H and O–H groups in total. The topological polar surface area (TPSA) is 67.8 Å². The Morgan fingerprint density at radius 3 is 2.35 bits per heavy atom. The molecule has 5 nitrogen and oxygen atoms in total. The minimum Gasteiger partial charge on any atom is -0.454 e. The summed E-state index contributed by atoms with van der Waals surface area (Å²) in [7, 11) is 0. The van der Waals surface area contributed by atoms with Gasteiger partial charge in [0.25, 0.3) is 5.91 Å². The molecule has 0 fully saturated rings. The molecule has 0 atom stereocenters. The van der Waals surface area contributed by atoms with Crippen molar-refractivity contribution in [3.63, 3.8) is 0 Å². The van der Waals surface area contributed by atoms with Crippen LogP contribution in [0.5, 0.6) is 17.2 Å². The maximum absolute atomic E-state index is 12.8. The van der Waals surface area contributed by atoms with E-state index in [9.17, 15) is 23.1 Å². The maximum Gasteiger partial charge on any atom is 0.573 e. The zero-order chi connectivity index (χ0) is 22.4. The molecule has 1 aliphatic rings. The first kappa shape index (κ1) is 20.7. The number of amides is 1. The van der Waals surface area contributed by atoms with Gasteiger partial charge in [-0.05, 0) is 60.9 Å². The molecular formula is C23H18F3NO4. The number of anilines is 1. The highest BCUT2D eigenvalue weighted by atomic mass is 19.4. The molecule has 31 heavy (non-hydrogen) atoms. The van der Waals surface area contributed by atoms with Crippen LogP contribution in [0.3, 0.4) is 0 Å². The van der Waals surface area contributed by atoms with Gasteiger partial charge in [0, 0.05) is 6.07 Å². The second-order valence-electron chi connectivity index (χ2n) is 7.61. The lowest BCUT2D eigenvalue weighted by molar-refractivity contribution is -0.274. The van der Waals surface area contributed by atoms with Crippen LogP contribution in [-0.2, 0) is 5.60 Å². The van der Waals surface area contributed by atoms with Crippen LogP contribution in [-0.4, -0.2) is 17.4 Å². The van der Waals surface area contributed by atoms with Crippen molar-refractivity contribution in [1.82, 2.24) is 0 Å². The highest BCUT2D eigenvalue weighted by Crippen LogP contribution is 2.40. The van der Waals surface area contributed by atoms with E-state index in [2.05, 4.69) is 10.1 Å². The fourth-order valence-electron chi connectivity index (χ4n) is 3.26. The van der Waals surface area contributed by atoms with Crippen LogP contribution < -0.4 is 14.8 Å². The fraction of sp³-hybridized carbons (Fsp3) is 0.174. The van der Waals surface area contributed by atoms with Crippen LogP contribution in [0, 0.1) is 0 Å². The van der Waals surface area contributed by atoms with Gasteiger partial charge in [0.05, 0.1) is 16.9 Å². The van der Waals surface area contributed by atoms with Gasteiger partial charge in [-0.3, -0.25) is 4.79 Å². The van der Waals surface area contributed by atoms with Gasteiger partial charge in [-0.2, -0.15) is 0 Å². The molecule has 3 aromatic rings. The normalized spacial score (nSPS) is 13.4. The molecule has 0 saturated heterocycles. The average molecular weight is 429 g/mol. The number of hydrogen-bond donors (Lipinski definition) is 2. The Hall–Kier alpha value is -3.52. The number of nitrogens with one attached hydrogen (secondary N) is 1. The van der Waals surface area contributed by atoms with Gasteiger partial charge in [-0.15, -0.1) is 13.2 Å². The summed E-state index contributed by atoms with van der Waals surface area (Å²) >= 11 is 0. The van der Waals surface area contributed by atoms with Crippen molar-refractivity contribution in [3.8, 4) is 28.4 Å². The number of alkyl halides is 3. The molecule has 1 amide bonds. The molecule has 0 aliphatic carbocycles. The number of hydrogen-bond acceptors (Lipinski definition) is 4. The first-order valence-corrected chi connectivity index (χ1v) is 9.36. The van der Waals surface area contributed by atoms with Crippen molar-refractivity contribution in [2.24, 2.45) is 0 Å². The van der Waals surface area contributed by atoms with E-state index in [4.69, 9.17) is 4.74 Å². The Balaban J connectivity index is 1.69. The van der Waals surface area contributed by atoms with Crippen LogP contribution >= 0.6 is 0 Å². The number of aliphatic hydroxyl groups is 1. The maximum atomic E-state index is 12.8. The van der Waals surface area contributed by atoms with Crippen LogP contribution in [0.25, 0.3) is 11.1 Å². The molecule has 4 rings (SSSR count). The average Bonchev–Trinajstić information content (AvgIpc) is 2.81. The summed E-state index contributed by atoms with van der Waals surface area (Å²) in [4.78, 5) is 12.8. The number of carbonyl (C=O) groups excluding carboxylic acids is 1. The van der Waals surface area contributed by atoms with E-state index in [1.807, 2.05) is 18.2 Å². The van der Waals surface area contributed by atoms with Gasteiger partial charge in [-0.25, -0.2) is 0 Å². The van der Waals surface area contributed by atoms with Crippen LogP contribution in [0.1, 0.15) is 29.8 Å². The standard InChI is InChI=1S/C23H18F3NO4/c1-22(2,29)15-5-3-4-13(10-15)14-6-8-19-17(11-14)21(28)27-18-12-16(31-23(24,25)26)7-9-20(18)30-19/h3-12,29H,1-2H3,(H,27,28). The largest absolute Gasteiger partial charge is 0.573 e. The molecule has 3 aromatic carbocycles. The Morgan fingerprint density at radius 2 is 1.65 bits per heavy atom. The Labute approximate surface area is 176 Å². The number of benzene rings is 3. The Morgan fingerprint density at radius 1 is 0.935 bits per heavy atom. The summed E-state index contributed by atoms with van der Waals surface area (Å²) in [5.41, 5.74) is 1.48. The van der Waals surface area contributed by atoms with Crippen molar-refractivity contribution >= 4 is 11.6 Å². The predicted molar refractivity (Wildman–Crippen MR) is 108 cm³/mol. The fourth-order valence-corrected chi connectivity index (χ4v) is 3.26. The van der Waals surface area contributed by atoms with Gasteiger partial charge in [0.1, 0.15) is 11.5 Å². The van der Waals surface area contributed by atoms with E-state index in [1.54, 1.807) is 38.1 Å². The molecule has 0 saturated carbocycles. The number of rotatable bonds is 3. The molecule has 1 heterocycles. The SMILES string of the molecule is CC(C)(O)c1cccc(-c2ccc3c(c2)C(=O)Nc2cc(OC(F)(F)F)ccc2O3)c1. The Kier molecular flexibility index (Phi) is 4.89. The van der Waals surface area contributed by atoms with E-state index in [-0.39, 0.29) is 22.7 Å². The monoisotopic (exact) mass is 429 g/mol. The molecule has 8 heteroatoms. The summed E-state index contributed by atoms with van der Waals surface area (Å²) in [6.45, 7) is 3.36. The lowest BCUT2D eigenvalue weighted by Gasteiger charge is -2.18. The third kappa shape index (κ3) is 4.49. The van der Waals surface area contributed by atoms with E-state index in [0.717, 1.165) is 23.3 Å². The molecule has 0 aromatic heterocycles. The van der Waals surface area contributed by atoms with Crippen LogP contribution in [0.15, 0.2) is 60.7 Å². The van der Waals surface area contributed by atoms with Crippen molar-refractivity contribution < 1.29 is 32.5 Å². The molecule has 0 spiro atoms. The van der Waals surface area contributed by atoms with E-state index in [0.29, 0.717) is 5.56 Å². The smallest absolute Gasteiger partial charge is 0.454 e. The zero-order valence-corrected chi connectivity index (χ0v) is 16.6. The van der Waals surface area contributed by atoms with Crippen molar-refractivity contribution in [3.05, 3.63) is 71.8 Å². The number of ether oxygens (including phenoxy) is 2. The molecule has 0 unspecified atom stereocenters. The van der Waals surface area contributed by atoms with Crippen LogP contribution in [0.4, 0.5) is 18.9 Å². The second-order valence-corrected chi connectivity index (χ2v) is 7.61. The lowest BCUT2D eigenvalue weighted by Crippen LogP contribution is -2.17. The van der Waals surface area contributed by atoms with E-state index < -0.39 is 23.6 Å². The molecule has 160 valence electrons. The quantitative estimate of drug-likeness (QED) is 0.549. The predicted octanol–water partition coefficient (Wildman–Crippen LogP) is 5.84. The summed E-state index contributed by atoms with van der Waals surface area (Å²) in [6, 6.07) is 15.8. The minimum atomic E-state index is -4.85. The van der Waals surface area contributed by atoms with Gasteiger partial charge in [-0.1, -0.05) is 24.3 Å². The van der Waals surface area contributed by atoms with Crippen molar-refractivity contribution in [1.29, 1.82) is 0 Å². The Bertz CT molecular complexity index is 1170. The highest BCUT2D eigenvalue weighted by molar-refractivity contribution is 6.08. The first-order chi connectivity index (χ1) is 14.5. The van der Waals surface area contributed by atoms with Crippen LogP contribution in [0.2, 0.25) is 0 Å². The van der Waals surface area contributed by atoms with Gasteiger partial charge >= 0.3 is 6.36 Å².